The number of halogens is 1. The number of phenolic OH excluding ortho intramolecular Hbond substituents is 1. The molecule has 0 radical (unpaired) electrons. The van der Waals surface area contributed by atoms with Crippen LogP contribution in [0, 0.1) is 0 Å². The maximum absolute atomic E-state index is 9.43. The van der Waals surface area contributed by atoms with Crippen LogP contribution in [0.25, 0.3) is 10.9 Å². The summed E-state index contributed by atoms with van der Waals surface area (Å²) in [5.41, 5.74) is 3.37. The van der Waals surface area contributed by atoms with E-state index in [0.717, 1.165) is 28.0 Å². The molecule has 1 heterocycles. The summed E-state index contributed by atoms with van der Waals surface area (Å²) in [6, 6.07) is 15.2. The van der Waals surface area contributed by atoms with Gasteiger partial charge >= 0.3 is 0 Å². The Morgan fingerprint density at radius 1 is 1.00 bits per heavy atom. The van der Waals surface area contributed by atoms with Gasteiger partial charge in [-0.05, 0) is 42.0 Å². The number of H-pyrrole nitrogens is 1. The molecular formula is C15H12ClNO. The molecule has 90 valence electrons. The highest BCUT2D eigenvalue weighted by atomic mass is 35.5. The second kappa shape index (κ2) is 4.39. The number of benzene rings is 2. The minimum Gasteiger partial charge on any atom is -0.508 e. The standard InChI is InChI=1S/C15H12ClNO/c16-12-3-1-10(2-4-12)7-13-8-11-9-14(18)5-6-15(11)17-13/h1-6,8-9,17-18H,7H2. The highest BCUT2D eigenvalue weighted by molar-refractivity contribution is 6.30. The molecule has 0 unspecified atom stereocenters. The van der Waals surface area contributed by atoms with Crippen molar-refractivity contribution in [2.45, 2.75) is 6.42 Å². The number of hydrogen-bond acceptors (Lipinski definition) is 1. The van der Waals surface area contributed by atoms with E-state index in [-0.39, 0.29) is 0 Å². The molecule has 0 spiro atoms. The predicted molar refractivity (Wildman–Crippen MR) is 74.2 cm³/mol. The number of phenols is 1. The van der Waals surface area contributed by atoms with Crippen molar-refractivity contribution in [3.63, 3.8) is 0 Å². The fourth-order valence-corrected chi connectivity index (χ4v) is 2.22. The molecule has 0 saturated carbocycles. The van der Waals surface area contributed by atoms with Crippen molar-refractivity contribution in [3.8, 4) is 5.75 Å². The maximum atomic E-state index is 9.43. The molecule has 2 nitrogen and oxygen atoms in total. The second-order valence-corrected chi connectivity index (χ2v) is 4.81. The Hall–Kier alpha value is -1.93. The lowest BCUT2D eigenvalue weighted by Crippen LogP contribution is -1.87. The Morgan fingerprint density at radius 2 is 1.78 bits per heavy atom. The first-order valence-electron chi connectivity index (χ1n) is 5.76. The van der Waals surface area contributed by atoms with E-state index in [1.165, 1.54) is 5.56 Å². The summed E-state index contributed by atoms with van der Waals surface area (Å²) in [6.07, 6.45) is 0.826. The molecule has 18 heavy (non-hydrogen) atoms. The normalized spacial score (nSPS) is 10.9. The van der Waals surface area contributed by atoms with Gasteiger partial charge in [0.25, 0.3) is 0 Å². The minimum absolute atomic E-state index is 0.291. The second-order valence-electron chi connectivity index (χ2n) is 4.37. The van der Waals surface area contributed by atoms with Gasteiger partial charge in [0.15, 0.2) is 0 Å². The largest absolute Gasteiger partial charge is 0.508 e. The number of rotatable bonds is 2. The molecule has 1 aromatic heterocycles. The average molecular weight is 258 g/mol. The Labute approximate surface area is 110 Å². The Morgan fingerprint density at radius 3 is 2.56 bits per heavy atom. The number of hydrogen-bond donors (Lipinski definition) is 2. The quantitative estimate of drug-likeness (QED) is 0.712. The summed E-state index contributed by atoms with van der Waals surface area (Å²) >= 11 is 5.86. The third-order valence-electron chi connectivity index (χ3n) is 2.97. The zero-order valence-corrected chi connectivity index (χ0v) is 10.4. The third-order valence-corrected chi connectivity index (χ3v) is 3.22. The number of fused-ring (bicyclic) bond motifs is 1. The summed E-state index contributed by atoms with van der Waals surface area (Å²) in [7, 11) is 0. The van der Waals surface area contributed by atoms with Crippen LogP contribution in [0.15, 0.2) is 48.5 Å². The summed E-state index contributed by atoms with van der Waals surface area (Å²) in [6.45, 7) is 0. The fraction of sp³-hybridized carbons (Fsp3) is 0.0667. The van der Waals surface area contributed by atoms with Crippen LogP contribution in [0.4, 0.5) is 0 Å². The van der Waals surface area contributed by atoms with Gasteiger partial charge in [0.2, 0.25) is 0 Å². The van der Waals surface area contributed by atoms with E-state index in [1.54, 1.807) is 12.1 Å². The van der Waals surface area contributed by atoms with E-state index < -0.39 is 0 Å². The summed E-state index contributed by atoms with van der Waals surface area (Å²) in [5.74, 6) is 0.291. The number of aromatic amines is 1. The van der Waals surface area contributed by atoms with Crippen LogP contribution in [-0.2, 0) is 6.42 Å². The summed E-state index contributed by atoms with van der Waals surface area (Å²) in [5, 5.41) is 11.2. The van der Waals surface area contributed by atoms with Gasteiger partial charge in [-0.2, -0.15) is 0 Å². The summed E-state index contributed by atoms with van der Waals surface area (Å²) in [4.78, 5) is 3.34. The zero-order chi connectivity index (χ0) is 12.5. The highest BCUT2D eigenvalue weighted by Gasteiger charge is 2.03. The van der Waals surface area contributed by atoms with Crippen molar-refractivity contribution in [3.05, 3.63) is 64.8 Å². The monoisotopic (exact) mass is 257 g/mol. The SMILES string of the molecule is Oc1ccc2[nH]c(Cc3ccc(Cl)cc3)cc2c1. The fourth-order valence-electron chi connectivity index (χ4n) is 2.10. The summed E-state index contributed by atoms with van der Waals surface area (Å²) < 4.78 is 0. The molecule has 0 aliphatic carbocycles. The molecule has 0 aliphatic rings. The van der Waals surface area contributed by atoms with E-state index in [2.05, 4.69) is 11.1 Å². The van der Waals surface area contributed by atoms with E-state index in [9.17, 15) is 5.11 Å². The van der Waals surface area contributed by atoms with Crippen LogP contribution >= 0.6 is 11.6 Å². The third kappa shape index (κ3) is 2.20. The molecule has 0 atom stereocenters. The first-order valence-corrected chi connectivity index (χ1v) is 6.13. The smallest absolute Gasteiger partial charge is 0.116 e. The highest BCUT2D eigenvalue weighted by Crippen LogP contribution is 2.22. The topological polar surface area (TPSA) is 36.0 Å². The van der Waals surface area contributed by atoms with Gasteiger partial charge < -0.3 is 10.1 Å². The molecule has 3 aromatic rings. The Balaban J connectivity index is 1.92. The predicted octanol–water partition coefficient (Wildman–Crippen LogP) is 4.12. The van der Waals surface area contributed by atoms with Gasteiger partial charge in [-0.25, -0.2) is 0 Å². The van der Waals surface area contributed by atoms with Crippen molar-refractivity contribution < 1.29 is 5.11 Å². The zero-order valence-electron chi connectivity index (χ0n) is 9.65. The number of aromatic nitrogens is 1. The lowest BCUT2D eigenvalue weighted by molar-refractivity contribution is 0.476. The van der Waals surface area contributed by atoms with Crippen LogP contribution in [0.3, 0.4) is 0 Å². The number of nitrogens with one attached hydrogen (secondary N) is 1. The van der Waals surface area contributed by atoms with Crippen LogP contribution in [0.5, 0.6) is 5.75 Å². The first kappa shape index (κ1) is 11.2. The molecule has 3 heteroatoms. The van der Waals surface area contributed by atoms with Gasteiger partial charge in [0.05, 0.1) is 0 Å². The molecule has 0 saturated heterocycles. The first-order chi connectivity index (χ1) is 8.70. The van der Waals surface area contributed by atoms with Crippen molar-refractivity contribution in [1.82, 2.24) is 4.98 Å². The molecular weight excluding hydrogens is 246 g/mol. The van der Waals surface area contributed by atoms with Crippen molar-refractivity contribution in [1.29, 1.82) is 0 Å². The molecule has 0 bridgehead atoms. The minimum atomic E-state index is 0.291. The lowest BCUT2D eigenvalue weighted by atomic mass is 10.1. The molecule has 0 fully saturated rings. The van der Waals surface area contributed by atoms with Crippen LogP contribution in [0.1, 0.15) is 11.3 Å². The van der Waals surface area contributed by atoms with Crippen molar-refractivity contribution in [2.24, 2.45) is 0 Å². The van der Waals surface area contributed by atoms with E-state index >= 15 is 0 Å². The van der Waals surface area contributed by atoms with Gasteiger partial charge in [-0.1, -0.05) is 23.7 Å². The Bertz CT molecular complexity index is 685. The van der Waals surface area contributed by atoms with Crippen LogP contribution in [0.2, 0.25) is 5.02 Å². The molecule has 0 aliphatic heterocycles. The Kier molecular flexibility index (Phi) is 2.73. The van der Waals surface area contributed by atoms with Crippen molar-refractivity contribution >= 4 is 22.5 Å². The average Bonchev–Trinajstić information content (AvgIpc) is 2.73. The maximum Gasteiger partial charge on any atom is 0.116 e. The van der Waals surface area contributed by atoms with E-state index in [4.69, 9.17) is 11.6 Å². The number of aromatic hydroxyl groups is 1. The lowest BCUT2D eigenvalue weighted by Gasteiger charge is -1.98. The molecule has 2 aromatic carbocycles. The van der Waals surface area contributed by atoms with Gasteiger partial charge in [-0.3, -0.25) is 0 Å². The van der Waals surface area contributed by atoms with Gasteiger partial charge in [0, 0.05) is 28.0 Å². The van der Waals surface area contributed by atoms with Gasteiger partial charge in [0.1, 0.15) is 5.75 Å². The molecule has 3 rings (SSSR count). The van der Waals surface area contributed by atoms with Crippen LogP contribution in [-0.4, -0.2) is 10.1 Å². The van der Waals surface area contributed by atoms with E-state index in [1.807, 2.05) is 30.3 Å². The van der Waals surface area contributed by atoms with Crippen LogP contribution < -0.4 is 0 Å². The van der Waals surface area contributed by atoms with Gasteiger partial charge in [-0.15, -0.1) is 0 Å². The molecule has 0 amide bonds. The van der Waals surface area contributed by atoms with Crippen molar-refractivity contribution in [2.75, 3.05) is 0 Å². The van der Waals surface area contributed by atoms with E-state index in [0.29, 0.717) is 5.75 Å². The molecule has 2 N–H and O–H groups in total.